The topological polar surface area (TPSA) is 56.6 Å². The minimum Gasteiger partial charge on any atom is -0.497 e. The summed E-state index contributed by atoms with van der Waals surface area (Å²) in [4.78, 5) is 16.9. The predicted molar refractivity (Wildman–Crippen MR) is 111 cm³/mol. The molecule has 0 aliphatic carbocycles. The summed E-state index contributed by atoms with van der Waals surface area (Å²) in [5, 5.41) is 9.54. The first-order chi connectivity index (χ1) is 13.5. The highest BCUT2D eigenvalue weighted by molar-refractivity contribution is 6.02. The lowest BCUT2D eigenvalue weighted by Crippen LogP contribution is -2.49. The molecule has 0 radical (unpaired) electrons. The summed E-state index contributed by atoms with van der Waals surface area (Å²) in [7, 11) is 1.65. The van der Waals surface area contributed by atoms with Crippen LogP contribution in [0.2, 0.25) is 0 Å². The van der Waals surface area contributed by atoms with Crippen molar-refractivity contribution in [2.45, 2.75) is 13.8 Å². The second-order valence-corrected chi connectivity index (χ2v) is 7.01. The first-order valence-corrected chi connectivity index (χ1v) is 9.39. The van der Waals surface area contributed by atoms with Crippen LogP contribution in [0.1, 0.15) is 16.7 Å². The van der Waals surface area contributed by atoms with Gasteiger partial charge in [0.2, 0.25) is 0 Å². The van der Waals surface area contributed by atoms with Crippen LogP contribution in [-0.4, -0.2) is 44.1 Å². The van der Waals surface area contributed by atoms with Gasteiger partial charge in [-0.2, -0.15) is 5.26 Å². The highest BCUT2D eigenvalue weighted by Gasteiger charge is 2.24. The van der Waals surface area contributed by atoms with Gasteiger partial charge in [0.15, 0.2) is 0 Å². The number of aryl methyl sites for hydroxylation is 2. The van der Waals surface area contributed by atoms with Crippen LogP contribution in [-0.2, 0) is 4.79 Å². The van der Waals surface area contributed by atoms with Crippen LogP contribution >= 0.6 is 0 Å². The van der Waals surface area contributed by atoms with E-state index in [4.69, 9.17) is 4.74 Å². The van der Waals surface area contributed by atoms with Crippen LogP contribution in [0.25, 0.3) is 6.08 Å². The fourth-order valence-electron chi connectivity index (χ4n) is 3.34. The fraction of sp³-hybridized carbons (Fsp3) is 0.304. The summed E-state index contributed by atoms with van der Waals surface area (Å²) >= 11 is 0. The maximum Gasteiger partial charge on any atom is 0.264 e. The Morgan fingerprint density at radius 2 is 1.75 bits per heavy atom. The molecule has 28 heavy (non-hydrogen) atoms. The maximum absolute atomic E-state index is 12.9. The van der Waals surface area contributed by atoms with E-state index in [1.165, 1.54) is 0 Å². The van der Waals surface area contributed by atoms with Crippen molar-refractivity contribution in [1.82, 2.24) is 4.90 Å². The van der Waals surface area contributed by atoms with Crippen molar-refractivity contribution in [1.29, 1.82) is 5.26 Å². The minimum absolute atomic E-state index is 0.187. The molecule has 1 saturated heterocycles. The zero-order valence-electron chi connectivity index (χ0n) is 16.6. The van der Waals surface area contributed by atoms with Gasteiger partial charge in [-0.3, -0.25) is 4.79 Å². The number of methoxy groups -OCH3 is 1. The summed E-state index contributed by atoms with van der Waals surface area (Å²) in [6.45, 7) is 6.65. The Hall–Kier alpha value is -3.26. The highest BCUT2D eigenvalue weighted by atomic mass is 16.5. The molecule has 1 fully saturated rings. The van der Waals surface area contributed by atoms with Gasteiger partial charge in [-0.15, -0.1) is 0 Å². The van der Waals surface area contributed by atoms with Crippen molar-refractivity contribution in [2.75, 3.05) is 38.2 Å². The van der Waals surface area contributed by atoms with Gasteiger partial charge in [-0.1, -0.05) is 23.8 Å². The van der Waals surface area contributed by atoms with Crippen LogP contribution in [0.15, 0.2) is 48.0 Å². The van der Waals surface area contributed by atoms with Crippen molar-refractivity contribution in [3.8, 4) is 11.8 Å². The lowest BCUT2D eigenvalue weighted by Gasteiger charge is -2.36. The number of hydrogen-bond donors (Lipinski definition) is 0. The first-order valence-electron chi connectivity index (χ1n) is 9.39. The number of nitrogens with zero attached hydrogens (tertiary/aromatic N) is 3. The largest absolute Gasteiger partial charge is 0.497 e. The van der Waals surface area contributed by atoms with Crippen molar-refractivity contribution in [2.24, 2.45) is 0 Å². The number of ether oxygens (including phenoxy) is 1. The smallest absolute Gasteiger partial charge is 0.264 e. The molecule has 1 heterocycles. The van der Waals surface area contributed by atoms with Crippen LogP contribution < -0.4 is 9.64 Å². The van der Waals surface area contributed by atoms with E-state index in [0.717, 1.165) is 41.2 Å². The van der Waals surface area contributed by atoms with Gasteiger partial charge in [0.1, 0.15) is 17.4 Å². The molecule has 0 unspecified atom stereocenters. The quantitative estimate of drug-likeness (QED) is 0.606. The molecule has 0 spiro atoms. The van der Waals surface area contributed by atoms with Crippen LogP contribution in [0.5, 0.6) is 5.75 Å². The number of hydrogen-bond acceptors (Lipinski definition) is 4. The molecule has 0 saturated carbocycles. The predicted octanol–water partition coefficient (Wildman–Crippen LogP) is 3.57. The number of carbonyl (C=O) groups is 1. The summed E-state index contributed by atoms with van der Waals surface area (Å²) in [6, 6.07) is 16.1. The van der Waals surface area contributed by atoms with Gasteiger partial charge in [0.05, 0.1) is 7.11 Å². The normalized spacial score (nSPS) is 14.6. The van der Waals surface area contributed by atoms with Crippen molar-refractivity contribution < 1.29 is 9.53 Å². The third-order valence-electron chi connectivity index (χ3n) is 5.09. The van der Waals surface area contributed by atoms with E-state index in [1.54, 1.807) is 18.1 Å². The summed E-state index contributed by atoms with van der Waals surface area (Å²) in [5.74, 6) is 0.630. The Bertz CT molecular complexity index is 918. The molecule has 1 amide bonds. The van der Waals surface area contributed by atoms with Gasteiger partial charge < -0.3 is 14.5 Å². The third kappa shape index (κ3) is 4.34. The van der Waals surface area contributed by atoms with Gasteiger partial charge in [-0.25, -0.2) is 0 Å². The van der Waals surface area contributed by atoms with E-state index in [9.17, 15) is 10.1 Å². The van der Waals surface area contributed by atoms with Gasteiger partial charge in [0.25, 0.3) is 5.91 Å². The first kappa shape index (κ1) is 19.5. The number of amides is 1. The Labute approximate surface area is 166 Å². The summed E-state index contributed by atoms with van der Waals surface area (Å²) in [6.07, 6.45) is 1.71. The van der Waals surface area contributed by atoms with E-state index in [2.05, 4.69) is 11.0 Å². The van der Waals surface area contributed by atoms with Crippen molar-refractivity contribution in [3.05, 3.63) is 64.7 Å². The summed E-state index contributed by atoms with van der Waals surface area (Å²) in [5.41, 5.74) is 4.37. The van der Waals surface area contributed by atoms with Crippen molar-refractivity contribution >= 4 is 17.7 Å². The molecule has 144 valence electrons. The molecule has 1 aliphatic rings. The van der Waals surface area contributed by atoms with Crippen LogP contribution in [0.3, 0.4) is 0 Å². The second-order valence-electron chi connectivity index (χ2n) is 7.01. The Morgan fingerprint density at radius 3 is 2.36 bits per heavy atom. The Balaban J connectivity index is 1.68. The van der Waals surface area contributed by atoms with Crippen LogP contribution in [0.4, 0.5) is 5.69 Å². The fourth-order valence-corrected chi connectivity index (χ4v) is 3.34. The second kappa shape index (κ2) is 8.62. The Kier molecular flexibility index (Phi) is 6.00. The molecule has 5 nitrogen and oxygen atoms in total. The SMILES string of the molecule is COc1ccc(N2CCN(C(=O)/C(C#N)=C/c3cc(C)ccc3C)CC2)cc1. The number of carbonyl (C=O) groups excluding carboxylic acids is 1. The van der Waals surface area contributed by atoms with E-state index in [-0.39, 0.29) is 11.5 Å². The van der Waals surface area contributed by atoms with E-state index >= 15 is 0 Å². The highest BCUT2D eigenvalue weighted by Crippen LogP contribution is 2.21. The number of piperazine rings is 1. The van der Waals surface area contributed by atoms with E-state index in [1.807, 2.05) is 56.3 Å². The number of anilines is 1. The minimum atomic E-state index is -0.196. The average molecular weight is 375 g/mol. The molecular weight excluding hydrogens is 350 g/mol. The van der Waals surface area contributed by atoms with Gasteiger partial charge in [-0.05, 0) is 55.3 Å². The molecular formula is C23H25N3O2. The van der Waals surface area contributed by atoms with Crippen molar-refractivity contribution in [3.63, 3.8) is 0 Å². The van der Waals surface area contributed by atoms with Crippen LogP contribution in [0, 0.1) is 25.2 Å². The molecule has 3 rings (SSSR count). The number of benzene rings is 2. The number of nitriles is 1. The standard InChI is InChI=1S/C23H25N3O2/c1-17-4-5-18(2)19(14-17)15-20(16-24)23(27)26-12-10-25(11-13-26)21-6-8-22(28-3)9-7-21/h4-9,14-15H,10-13H2,1-3H3/b20-15+. The number of rotatable bonds is 4. The monoisotopic (exact) mass is 375 g/mol. The van der Waals surface area contributed by atoms with Gasteiger partial charge >= 0.3 is 0 Å². The van der Waals surface area contributed by atoms with E-state index in [0.29, 0.717) is 13.1 Å². The van der Waals surface area contributed by atoms with Gasteiger partial charge in [0, 0.05) is 31.9 Å². The zero-order chi connectivity index (χ0) is 20.1. The third-order valence-corrected chi connectivity index (χ3v) is 5.09. The molecule has 1 aliphatic heterocycles. The zero-order valence-corrected chi connectivity index (χ0v) is 16.6. The van der Waals surface area contributed by atoms with E-state index < -0.39 is 0 Å². The summed E-state index contributed by atoms with van der Waals surface area (Å²) < 4.78 is 5.20. The maximum atomic E-state index is 12.9. The molecule has 5 heteroatoms. The molecule has 0 bridgehead atoms. The molecule has 0 aromatic heterocycles. The lowest BCUT2D eigenvalue weighted by molar-refractivity contribution is -0.126. The molecule has 2 aromatic rings. The molecule has 0 N–H and O–H groups in total. The molecule has 0 atom stereocenters. The molecule has 2 aromatic carbocycles. The Morgan fingerprint density at radius 1 is 1.07 bits per heavy atom. The lowest BCUT2D eigenvalue weighted by atomic mass is 10.0. The average Bonchev–Trinajstić information content (AvgIpc) is 2.74.